The first-order chi connectivity index (χ1) is 8.02. The van der Waals surface area contributed by atoms with Crippen LogP contribution in [0.3, 0.4) is 0 Å². The number of halogens is 1. The van der Waals surface area contributed by atoms with Crippen molar-refractivity contribution in [2.45, 2.75) is 51.8 Å². The SMILES string of the molecule is CCCC(Cl)CNc1cc(C)nc(C(C)C)n1. The molecule has 4 heteroatoms. The highest BCUT2D eigenvalue weighted by atomic mass is 35.5. The summed E-state index contributed by atoms with van der Waals surface area (Å²) in [5.74, 6) is 2.11. The van der Waals surface area contributed by atoms with Crippen molar-refractivity contribution < 1.29 is 0 Å². The lowest BCUT2D eigenvalue weighted by atomic mass is 10.2. The first-order valence-corrected chi connectivity index (χ1v) is 6.70. The lowest BCUT2D eigenvalue weighted by molar-refractivity contribution is 0.742. The highest BCUT2D eigenvalue weighted by molar-refractivity contribution is 6.20. The minimum absolute atomic E-state index is 0.165. The van der Waals surface area contributed by atoms with E-state index in [-0.39, 0.29) is 5.38 Å². The average Bonchev–Trinajstić information content (AvgIpc) is 2.26. The van der Waals surface area contributed by atoms with E-state index < -0.39 is 0 Å². The largest absolute Gasteiger partial charge is 0.368 e. The first-order valence-electron chi connectivity index (χ1n) is 6.26. The van der Waals surface area contributed by atoms with Crippen LogP contribution < -0.4 is 5.32 Å². The predicted molar refractivity (Wildman–Crippen MR) is 73.9 cm³/mol. The van der Waals surface area contributed by atoms with Gasteiger partial charge in [-0.15, -0.1) is 11.6 Å². The molecule has 0 aliphatic carbocycles. The monoisotopic (exact) mass is 255 g/mol. The minimum Gasteiger partial charge on any atom is -0.368 e. The number of aryl methyl sites for hydroxylation is 1. The van der Waals surface area contributed by atoms with Crippen LogP contribution in [0, 0.1) is 6.92 Å². The summed E-state index contributed by atoms with van der Waals surface area (Å²) in [7, 11) is 0. The Morgan fingerprint density at radius 1 is 1.35 bits per heavy atom. The van der Waals surface area contributed by atoms with Gasteiger partial charge in [-0.05, 0) is 13.3 Å². The Hall–Kier alpha value is -0.830. The van der Waals surface area contributed by atoms with Crippen molar-refractivity contribution in [1.82, 2.24) is 9.97 Å². The third kappa shape index (κ3) is 4.90. The second-order valence-corrected chi connectivity index (χ2v) is 5.29. The molecule has 1 rings (SSSR count). The van der Waals surface area contributed by atoms with E-state index in [9.17, 15) is 0 Å². The lowest BCUT2D eigenvalue weighted by Crippen LogP contribution is -2.15. The molecule has 1 unspecified atom stereocenters. The van der Waals surface area contributed by atoms with E-state index in [1.165, 1.54) is 0 Å². The van der Waals surface area contributed by atoms with Crippen molar-refractivity contribution in [3.8, 4) is 0 Å². The molecule has 3 nitrogen and oxygen atoms in total. The van der Waals surface area contributed by atoms with Crippen LogP contribution >= 0.6 is 11.6 Å². The summed E-state index contributed by atoms with van der Waals surface area (Å²) in [6.45, 7) is 9.08. The van der Waals surface area contributed by atoms with Crippen LogP contribution in [-0.4, -0.2) is 21.9 Å². The van der Waals surface area contributed by atoms with Gasteiger partial charge in [0.1, 0.15) is 11.6 Å². The summed E-state index contributed by atoms with van der Waals surface area (Å²) in [6, 6.07) is 1.96. The molecule has 0 spiro atoms. The van der Waals surface area contributed by atoms with Crippen LogP contribution in [0.5, 0.6) is 0 Å². The summed E-state index contributed by atoms with van der Waals surface area (Å²) >= 11 is 6.17. The maximum Gasteiger partial charge on any atom is 0.133 e. The van der Waals surface area contributed by atoms with Crippen LogP contribution in [0.15, 0.2) is 6.07 Å². The molecule has 0 saturated heterocycles. The van der Waals surface area contributed by atoms with Gasteiger partial charge in [-0.1, -0.05) is 27.2 Å². The van der Waals surface area contributed by atoms with Crippen molar-refractivity contribution in [3.05, 3.63) is 17.6 Å². The van der Waals surface area contributed by atoms with Gasteiger partial charge in [0.25, 0.3) is 0 Å². The van der Waals surface area contributed by atoms with Crippen molar-refractivity contribution >= 4 is 17.4 Å². The van der Waals surface area contributed by atoms with Gasteiger partial charge in [0.05, 0.1) is 5.38 Å². The lowest BCUT2D eigenvalue weighted by Gasteiger charge is -2.12. The van der Waals surface area contributed by atoms with Crippen molar-refractivity contribution in [3.63, 3.8) is 0 Å². The van der Waals surface area contributed by atoms with Gasteiger partial charge in [-0.25, -0.2) is 9.97 Å². The molecule has 1 atom stereocenters. The fraction of sp³-hybridized carbons (Fsp3) is 0.692. The molecular formula is C13H22ClN3. The van der Waals surface area contributed by atoms with E-state index in [0.717, 1.165) is 36.7 Å². The van der Waals surface area contributed by atoms with Crippen LogP contribution in [0.25, 0.3) is 0 Å². The zero-order valence-electron chi connectivity index (χ0n) is 11.1. The molecule has 0 aromatic carbocycles. The predicted octanol–water partition coefficient (Wildman–Crippen LogP) is 3.73. The van der Waals surface area contributed by atoms with Gasteiger partial charge in [0.15, 0.2) is 0 Å². The van der Waals surface area contributed by atoms with E-state index in [0.29, 0.717) is 5.92 Å². The van der Waals surface area contributed by atoms with Gasteiger partial charge >= 0.3 is 0 Å². The highest BCUT2D eigenvalue weighted by Gasteiger charge is 2.07. The normalized spacial score (nSPS) is 12.8. The number of nitrogens with one attached hydrogen (secondary N) is 1. The maximum absolute atomic E-state index is 6.17. The molecular weight excluding hydrogens is 234 g/mol. The summed E-state index contributed by atoms with van der Waals surface area (Å²) < 4.78 is 0. The summed E-state index contributed by atoms with van der Waals surface area (Å²) in [5.41, 5.74) is 0.993. The molecule has 1 aromatic heterocycles. The van der Waals surface area contributed by atoms with Crippen LogP contribution in [0.2, 0.25) is 0 Å². The Morgan fingerprint density at radius 3 is 2.65 bits per heavy atom. The molecule has 1 heterocycles. The first kappa shape index (κ1) is 14.2. The molecule has 17 heavy (non-hydrogen) atoms. The summed E-state index contributed by atoms with van der Waals surface area (Å²) in [6.07, 6.45) is 2.13. The average molecular weight is 256 g/mol. The molecule has 0 radical (unpaired) electrons. The summed E-state index contributed by atoms with van der Waals surface area (Å²) in [5, 5.41) is 3.45. The van der Waals surface area contributed by atoms with Crippen LogP contribution in [0.4, 0.5) is 5.82 Å². The van der Waals surface area contributed by atoms with Crippen molar-refractivity contribution in [2.24, 2.45) is 0 Å². The number of alkyl halides is 1. The topological polar surface area (TPSA) is 37.8 Å². The maximum atomic E-state index is 6.17. The van der Waals surface area contributed by atoms with E-state index in [2.05, 4.69) is 36.1 Å². The second kappa shape index (κ2) is 6.80. The Morgan fingerprint density at radius 2 is 2.06 bits per heavy atom. The zero-order valence-corrected chi connectivity index (χ0v) is 11.9. The third-order valence-electron chi connectivity index (χ3n) is 2.49. The fourth-order valence-electron chi connectivity index (χ4n) is 1.57. The standard InChI is InChI=1S/C13H22ClN3/c1-5-6-11(14)8-15-12-7-10(4)16-13(17-12)9(2)3/h7,9,11H,5-6,8H2,1-4H3,(H,15,16,17). The van der Waals surface area contributed by atoms with Gasteiger partial charge in [0.2, 0.25) is 0 Å². The molecule has 0 amide bonds. The van der Waals surface area contributed by atoms with Crippen LogP contribution in [0.1, 0.15) is 51.0 Å². The summed E-state index contributed by atoms with van der Waals surface area (Å²) in [4.78, 5) is 8.90. The molecule has 1 aromatic rings. The van der Waals surface area contributed by atoms with E-state index in [1.54, 1.807) is 0 Å². The van der Waals surface area contributed by atoms with Gasteiger partial charge in [0, 0.05) is 24.2 Å². The van der Waals surface area contributed by atoms with Gasteiger partial charge < -0.3 is 5.32 Å². The molecule has 0 bridgehead atoms. The number of hydrogen-bond acceptors (Lipinski definition) is 3. The quantitative estimate of drug-likeness (QED) is 0.787. The zero-order chi connectivity index (χ0) is 12.8. The molecule has 0 aliphatic heterocycles. The van der Waals surface area contributed by atoms with Gasteiger partial charge in [-0.3, -0.25) is 0 Å². The number of rotatable bonds is 6. The van der Waals surface area contributed by atoms with E-state index >= 15 is 0 Å². The number of anilines is 1. The minimum atomic E-state index is 0.165. The van der Waals surface area contributed by atoms with Crippen molar-refractivity contribution in [2.75, 3.05) is 11.9 Å². The van der Waals surface area contributed by atoms with E-state index in [4.69, 9.17) is 11.6 Å². The second-order valence-electron chi connectivity index (χ2n) is 4.67. The Kier molecular flexibility index (Phi) is 5.69. The van der Waals surface area contributed by atoms with Crippen molar-refractivity contribution in [1.29, 1.82) is 0 Å². The highest BCUT2D eigenvalue weighted by Crippen LogP contribution is 2.14. The van der Waals surface area contributed by atoms with Gasteiger partial charge in [-0.2, -0.15) is 0 Å². The Bertz CT molecular complexity index is 353. The number of aromatic nitrogens is 2. The molecule has 0 saturated carbocycles. The fourth-order valence-corrected chi connectivity index (χ4v) is 1.87. The Balaban J connectivity index is 2.64. The smallest absolute Gasteiger partial charge is 0.133 e. The molecule has 96 valence electrons. The third-order valence-corrected chi connectivity index (χ3v) is 2.87. The number of hydrogen-bond donors (Lipinski definition) is 1. The molecule has 0 aliphatic rings. The molecule has 0 fully saturated rings. The Labute approximate surface area is 109 Å². The number of nitrogens with zero attached hydrogens (tertiary/aromatic N) is 2. The molecule has 1 N–H and O–H groups in total. The van der Waals surface area contributed by atoms with E-state index in [1.807, 2.05) is 13.0 Å². The van der Waals surface area contributed by atoms with Crippen LogP contribution in [-0.2, 0) is 0 Å².